The maximum atomic E-state index is 12.7. The molecule has 2 aromatic heterocycles. The highest BCUT2D eigenvalue weighted by atomic mass is 35.5. The number of halogens is 1. The number of nitrogens with one attached hydrogen (secondary N) is 1. The number of anilines is 1. The fraction of sp³-hybridized carbons (Fsp3) is 0.292. The van der Waals surface area contributed by atoms with E-state index in [4.69, 9.17) is 11.6 Å². The molecule has 5 rings (SSSR count). The highest BCUT2D eigenvalue weighted by Crippen LogP contribution is 2.31. The third kappa shape index (κ3) is 4.85. The van der Waals surface area contributed by atoms with E-state index < -0.39 is 0 Å². The van der Waals surface area contributed by atoms with Crippen molar-refractivity contribution in [1.82, 2.24) is 29.5 Å². The second-order valence-electron chi connectivity index (χ2n) is 8.25. The zero-order chi connectivity index (χ0) is 23.5. The number of amides is 1. The van der Waals surface area contributed by atoms with Gasteiger partial charge >= 0.3 is 0 Å². The fourth-order valence-electron chi connectivity index (χ4n) is 3.99. The monoisotopic (exact) mass is 493 g/mol. The lowest BCUT2D eigenvalue weighted by Gasteiger charge is -2.11. The first kappa shape index (κ1) is 22.6. The molecule has 2 aromatic carbocycles. The van der Waals surface area contributed by atoms with E-state index in [1.54, 1.807) is 18.5 Å². The molecular formula is C24H24ClN7OS. The minimum absolute atomic E-state index is 0.142. The molecule has 0 fully saturated rings. The second kappa shape index (κ2) is 9.99. The Bertz CT molecular complexity index is 1320. The zero-order valence-electron chi connectivity index (χ0n) is 18.7. The second-order valence-corrected chi connectivity index (χ2v) is 9.60. The van der Waals surface area contributed by atoms with Crippen molar-refractivity contribution in [2.24, 2.45) is 0 Å². The van der Waals surface area contributed by atoms with Crippen LogP contribution in [-0.4, -0.2) is 41.2 Å². The molecule has 0 bridgehead atoms. The van der Waals surface area contributed by atoms with Gasteiger partial charge in [0.05, 0.1) is 10.8 Å². The number of carbonyl (C=O) groups is 1. The van der Waals surface area contributed by atoms with Gasteiger partial charge < -0.3 is 9.88 Å². The molecule has 4 aromatic rings. The Morgan fingerprint density at radius 1 is 1.09 bits per heavy atom. The summed E-state index contributed by atoms with van der Waals surface area (Å²) in [4.78, 5) is 12.7. The van der Waals surface area contributed by atoms with Crippen molar-refractivity contribution in [2.45, 2.75) is 44.3 Å². The summed E-state index contributed by atoms with van der Waals surface area (Å²) < 4.78 is 4.02. The first-order chi connectivity index (χ1) is 16.6. The van der Waals surface area contributed by atoms with E-state index >= 15 is 0 Å². The summed E-state index contributed by atoms with van der Waals surface area (Å²) in [5, 5.41) is 21.1. The number of rotatable bonds is 6. The molecule has 0 radical (unpaired) electrons. The molecule has 1 N–H and O–H groups in total. The van der Waals surface area contributed by atoms with Crippen LogP contribution >= 0.6 is 23.4 Å². The number of nitrogens with zero attached hydrogens (tertiary/aromatic N) is 6. The number of thioether (sulfide) groups is 1. The Kier molecular flexibility index (Phi) is 6.64. The standard InChI is InChI=1S/C24H24ClN7OS/c1-16-6-9-18(10-7-16)32-15-26-30-24(32)34-14-22(33)27-17-8-11-20(25)19(13-17)23-29-28-21-5-3-2-4-12-31(21)23/h6-11,13,15H,2-5,12,14H2,1H3,(H,27,33). The van der Waals surface area contributed by atoms with Crippen LogP contribution in [0, 0.1) is 6.92 Å². The van der Waals surface area contributed by atoms with Crippen molar-refractivity contribution in [2.75, 3.05) is 11.1 Å². The quantitative estimate of drug-likeness (QED) is 0.382. The molecule has 0 aliphatic carbocycles. The van der Waals surface area contributed by atoms with E-state index in [1.807, 2.05) is 41.8 Å². The van der Waals surface area contributed by atoms with Gasteiger partial charge in [-0.1, -0.05) is 47.5 Å². The van der Waals surface area contributed by atoms with E-state index in [9.17, 15) is 4.79 Å². The maximum Gasteiger partial charge on any atom is 0.234 e. The molecule has 1 amide bonds. The van der Waals surface area contributed by atoms with Crippen LogP contribution in [0.1, 0.15) is 30.7 Å². The average Bonchev–Trinajstić information content (AvgIpc) is 3.40. The fourth-order valence-corrected chi connectivity index (χ4v) is 4.92. The molecule has 0 unspecified atom stereocenters. The van der Waals surface area contributed by atoms with Crippen LogP contribution in [0.2, 0.25) is 5.02 Å². The van der Waals surface area contributed by atoms with Gasteiger partial charge in [-0.2, -0.15) is 0 Å². The zero-order valence-corrected chi connectivity index (χ0v) is 20.3. The SMILES string of the molecule is Cc1ccc(-n2cnnc2SCC(=O)Nc2ccc(Cl)c(-c3nnc4n3CCCCC4)c2)cc1. The molecule has 1 aliphatic rings. The normalized spacial score (nSPS) is 13.4. The van der Waals surface area contributed by atoms with Crippen LogP contribution < -0.4 is 5.32 Å². The largest absolute Gasteiger partial charge is 0.325 e. The number of aryl methyl sites for hydroxylation is 2. The number of hydrogen-bond acceptors (Lipinski definition) is 6. The van der Waals surface area contributed by atoms with Crippen LogP contribution in [0.5, 0.6) is 0 Å². The maximum absolute atomic E-state index is 12.7. The molecule has 174 valence electrons. The molecule has 3 heterocycles. The van der Waals surface area contributed by atoms with Gasteiger partial charge in [-0.15, -0.1) is 20.4 Å². The number of fused-ring (bicyclic) bond motifs is 1. The predicted molar refractivity (Wildman–Crippen MR) is 133 cm³/mol. The van der Waals surface area contributed by atoms with Crippen molar-refractivity contribution in [1.29, 1.82) is 0 Å². The van der Waals surface area contributed by atoms with Crippen molar-refractivity contribution in [3.05, 3.63) is 65.2 Å². The minimum atomic E-state index is -0.142. The van der Waals surface area contributed by atoms with Crippen LogP contribution in [-0.2, 0) is 17.8 Å². The lowest BCUT2D eigenvalue weighted by Crippen LogP contribution is -2.14. The average molecular weight is 494 g/mol. The summed E-state index contributed by atoms with van der Waals surface area (Å²) in [6.07, 6.45) is 5.97. The molecular weight excluding hydrogens is 470 g/mol. The highest BCUT2D eigenvalue weighted by molar-refractivity contribution is 7.99. The predicted octanol–water partition coefficient (Wildman–Crippen LogP) is 4.94. The Hall–Kier alpha value is -3.17. The molecule has 34 heavy (non-hydrogen) atoms. The molecule has 0 atom stereocenters. The van der Waals surface area contributed by atoms with Crippen LogP contribution in [0.3, 0.4) is 0 Å². The molecule has 0 saturated heterocycles. The van der Waals surface area contributed by atoms with Crippen LogP contribution in [0.4, 0.5) is 5.69 Å². The molecule has 10 heteroatoms. The third-order valence-corrected chi connectivity index (χ3v) is 7.03. The third-order valence-electron chi connectivity index (χ3n) is 5.76. The van der Waals surface area contributed by atoms with E-state index in [2.05, 4.69) is 30.3 Å². The van der Waals surface area contributed by atoms with Gasteiger partial charge in [-0.25, -0.2) is 0 Å². The van der Waals surface area contributed by atoms with E-state index in [1.165, 1.54) is 23.7 Å². The smallest absolute Gasteiger partial charge is 0.234 e. The summed E-state index contributed by atoms with van der Waals surface area (Å²) >= 11 is 7.84. The number of benzene rings is 2. The van der Waals surface area contributed by atoms with Crippen molar-refractivity contribution in [3.8, 4) is 17.1 Å². The number of hydrogen-bond donors (Lipinski definition) is 1. The lowest BCUT2D eigenvalue weighted by atomic mass is 10.1. The molecule has 0 spiro atoms. The molecule has 0 saturated carbocycles. The topological polar surface area (TPSA) is 90.5 Å². The van der Waals surface area contributed by atoms with E-state index in [-0.39, 0.29) is 11.7 Å². The number of aromatic nitrogens is 6. The van der Waals surface area contributed by atoms with Gasteiger partial charge in [0, 0.05) is 29.9 Å². The van der Waals surface area contributed by atoms with Gasteiger partial charge in [0.1, 0.15) is 12.2 Å². The Morgan fingerprint density at radius 3 is 2.79 bits per heavy atom. The van der Waals surface area contributed by atoms with Crippen LogP contribution in [0.25, 0.3) is 17.1 Å². The van der Waals surface area contributed by atoms with Crippen molar-refractivity contribution < 1.29 is 4.79 Å². The minimum Gasteiger partial charge on any atom is -0.325 e. The molecule has 1 aliphatic heterocycles. The summed E-state index contributed by atoms with van der Waals surface area (Å²) in [6, 6.07) is 13.5. The number of carbonyl (C=O) groups excluding carboxylic acids is 1. The van der Waals surface area contributed by atoms with Crippen molar-refractivity contribution in [3.63, 3.8) is 0 Å². The van der Waals surface area contributed by atoms with Gasteiger partial charge in [0.15, 0.2) is 11.0 Å². The van der Waals surface area contributed by atoms with E-state index in [0.717, 1.165) is 48.7 Å². The Balaban J connectivity index is 1.28. The van der Waals surface area contributed by atoms with Gasteiger partial charge in [-0.3, -0.25) is 9.36 Å². The van der Waals surface area contributed by atoms with E-state index in [0.29, 0.717) is 15.9 Å². The first-order valence-electron chi connectivity index (χ1n) is 11.2. The first-order valence-corrected chi connectivity index (χ1v) is 12.6. The summed E-state index contributed by atoms with van der Waals surface area (Å²) in [6.45, 7) is 2.92. The summed E-state index contributed by atoms with van der Waals surface area (Å²) in [5.41, 5.74) is 3.56. The van der Waals surface area contributed by atoms with Gasteiger partial charge in [-0.05, 0) is 50.1 Å². The van der Waals surface area contributed by atoms with Crippen LogP contribution in [0.15, 0.2) is 53.9 Å². The Morgan fingerprint density at radius 2 is 1.94 bits per heavy atom. The Labute approximate surface area is 206 Å². The van der Waals surface area contributed by atoms with Gasteiger partial charge in [0.25, 0.3) is 0 Å². The highest BCUT2D eigenvalue weighted by Gasteiger charge is 2.19. The lowest BCUT2D eigenvalue weighted by molar-refractivity contribution is -0.113. The van der Waals surface area contributed by atoms with Crippen molar-refractivity contribution >= 4 is 35.0 Å². The molecule has 8 nitrogen and oxygen atoms in total. The van der Waals surface area contributed by atoms with Gasteiger partial charge in [0.2, 0.25) is 5.91 Å². The summed E-state index contributed by atoms with van der Waals surface area (Å²) in [5.74, 6) is 1.80. The summed E-state index contributed by atoms with van der Waals surface area (Å²) in [7, 11) is 0.